The normalized spacial score (nSPS) is 24.9. The quantitative estimate of drug-likeness (QED) is 0.483. The van der Waals surface area contributed by atoms with E-state index in [0.29, 0.717) is 11.8 Å². The zero-order valence-corrected chi connectivity index (χ0v) is 11.7. The molecule has 0 aliphatic carbocycles. The van der Waals surface area contributed by atoms with Crippen LogP contribution >= 0.6 is 11.6 Å². The van der Waals surface area contributed by atoms with Gasteiger partial charge in [-0.2, -0.15) is 0 Å². The van der Waals surface area contributed by atoms with Crippen LogP contribution in [0.15, 0.2) is 24.3 Å². The molecule has 1 aliphatic rings. The molecule has 4 nitrogen and oxygen atoms in total. The van der Waals surface area contributed by atoms with Crippen molar-refractivity contribution in [3.8, 4) is 0 Å². The van der Waals surface area contributed by atoms with Gasteiger partial charge in [0.1, 0.15) is 0 Å². The number of ether oxygens (including phenoxy) is 1. The third-order valence-corrected chi connectivity index (χ3v) is 4.23. The highest BCUT2D eigenvalue weighted by Crippen LogP contribution is 2.30. The van der Waals surface area contributed by atoms with Crippen LogP contribution in [-0.4, -0.2) is 23.5 Å². The SMILES string of the molecule is CC1COCCC1C(Cl)Cc1ccc([N+](=O)[O-])cc1. The number of rotatable bonds is 4. The first kappa shape index (κ1) is 14.3. The summed E-state index contributed by atoms with van der Waals surface area (Å²) in [6, 6.07) is 6.65. The van der Waals surface area contributed by atoms with Crippen LogP contribution in [0, 0.1) is 22.0 Å². The molecule has 0 N–H and O–H groups in total. The van der Waals surface area contributed by atoms with Crippen molar-refractivity contribution in [3.63, 3.8) is 0 Å². The van der Waals surface area contributed by atoms with E-state index in [0.717, 1.165) is 31.6 Å². The van der Waals surface area contributed by atoms with Gasteiger partial charge in [0.15, 0.2) is 0 Å². The van der Waals surface area contributed by atoms with Crippen LogP contribution in [0.3, 0.4) is 0 Å². The minimum absolute atomic E-state index is 0.0559. The largest absolute Gasteiger partial charge is 0.381 e. The summed E-state index contributed by atoms with van der Waals surface area (Å²) in [5, 5.41) is 10.6. The molecule has 0 radical (unpaired) electrons. The smallest absolute Gasteiger partial charge is 0.269 e. The first-order valence-electron chi connectivity index (χ1n) is 6.53. The van der Waals surface area contributed by atoms with E-state index < -0.39 is 0 Å². The summed E-state index contributed by atoms with van der Waals surface area (Å²) in [7, 11) is 0. The van der Waals surface area contributed by atoms with Crippen molar-refractivity contribution in [1.82, 2.24) is 0 Å². The number of benzene rings is 1. The van der Waals surface area contributed by atoms with Gasteiger partial charge in [-0.15, -0.1) is 11.6 Å². The van der Waals surface area contributed by atoms with Gasteiger partial charge >= 0.3 is 0 Å². The van der Waals surface area contributed by atoms with Gasteiger partial charge in [0.2, 0.25) is 0 Å². The third-order valence-electron chi connectivity index (χ3n) is 3.75. The molecule has 0 bridgehead atoms. The highest BCUT2D eigenvalue weighted by molar-refractivity contribution is 6.20. The molecule has 0 saturated carbocycles. The van der Waals surface area contributed by atoms with Crippen LogP contribution in [0.1, 0.15) is 18.9 Å². The second-order valence-corrected chi connectivity index (χ2v) is 5.71. The Morgan fingerprint density at radius 3 is 2.74 bits per heavy atom. The van der Waals surface area contributed by atoms with Crippen LogP contribution in [0.5, 0.6) is 0 Å². The summed E-state index contributed by atoms with van der Waals surface area (Å²) in [6.45, 7) is 3.71. The van der Waals surface area contributed by atoms with Gasteiger partial charge in [-0.05, 0) is 30.2 Å². The average molecular weight is 284 g/mol. The average Bonchev–Trinajstić information content (AvgIpc) is 2.39. The zero-order chi connectivity index (χ0) is 13.8. The van der Waals surface area contributed by atoms with E-state index in [-0.39, 0.29) is 16.0 Å². The molecule has 1 aliphatic heterocycles. The number of hydrogen-bond acceptors (Lipinski definition) is 3. The monoisotopic (exact) mass is 283 g/mol. The fourth-order valence-electron chi connectivity index (χ4n) is 2.56. The first-order valence-corrected chi connectivity index (χ1v) is 6.96. The maximum absolute atomic E-state index is 10.6. The molecule has 1 saturated heterocycles. The number of hydrogen-bond donors (Lipinski definition) is 0. The van der Waals surface area contributed by atoms with Crippen molar-refractivity contribution in [2.45, 2.75) is 25.1 Å². The van der Waals surface area contributed by atoms with Gasteiger partial charge in [-0.25, -0.2) is 0 Å². The van der Waals surface area contributed by atoms with E-state index in [2.05, 4.69) is 6.92 Å². The Labute approximate surface area is 117 Å². The van der Waals surface area contributed by atoms with Gasteiger partial charge < -0.3 is 4.74 Å². The van der Waals surface area contributed by atoms with Gasteiger partial charge in [0, 0.05) is 30.7 Å². The van der Waals surface area contributed by atoms with Gasteiger partial charge in [0.05, 0.1) is 4.92 Å². The highest BCUT2D eigenvalue weighted by atomic mass is 35.5. The molecular weight excluding hydrogens is 266 g/mol. The molecule has 3 unspecified atom stereocenters. The number of alkyl halides is 1. The Hall–Kier alpha value is -1.13. The maximum atomic E-state index is 10.6. The van der Waals surface area contributed by atoms with Crippen molar-refractivity contribution >= 4 is 17.3 Å². The van der Waals surface area contributed by atoms with Gasteiger partial charge in [-0.1, -0.05) is 19.1 Å². The van der Waals surface area contributed by atoms with Crippen LogP contribution in [0.4, 0.5) is 5.69 Å². The lowest BCUT2D eigenvalue weighted by Crippen LogP contribution is -2.32. The number of halogens is 1. The molecule has 1 aromatic carbocycles. The molecule has 1 fully saturated rings. The van der Waals surface area contributed by atoms with Crippen LogP contribution in [0.2, 0.25) is 0 Å². The number of nitro benzene ring substituents is 1. The van der Waals surface area contributed by atoms with Crippen molar-refractivity contribution < 1.29 is 9.66 Å². The minimum atomic E-state index is -0.386. The van der Waals surface area contributed by atoms with E-state index in [9.17, 15) is 10.1 Å². The van der Waals surface area contributed by atoms with E-state index in [1.54, 1.807) is 12.1 Å². The van der Waals surface area contributed by atoms with Gasteiger partial charge in [0.25, 0.3) is 5.69 Å². The summed E-state index contributed by atoms with van der Waals surface area (Å²) >= 11 is 6.50. The molecule has 2 rings (SSSR count). The Balaban J connectivity index is 1.97. The predicted molar refractivity (Wildman–Crippen MR) is 74.5 cm³/mol. The Morgan fingerprint density at radius 2 is 2.16 bits per heavy atom. The first-order chi connectivity index (χ1) is 9.08. The molecule has 104 valence electrons. The summed E-state index contributed by atoms with van der Waals surface area (Å²) in [5.41, 5.74) is 1.17. The van der Waals surface area contributed by atoms with Crippen molar-refractivity contribution in [2.75, 3.05) is 13.2 Å². The van der Waals surface area contributed by atoms with Crippen LogP contribution in [-0.2, 0) is 11.2 Å². The molecule has 1 aromatic rings. The lowest BCUT2D eigenvalue weighted by molar-refractivity contribution is -0.384. The standard InChI is InChI=1S/C14H18ClNO3/c1-10-9-19-7-6-13(10)14(15)8-11-2-4-12(5-3-11)16(17)18/h2-5,10,13-14H,6-9H2,1H3. The molecule has 0 amide bonds. The zero-order valence-electron chi connectivity index (χ0n) is 10.9. The maximum Gasteiger partial charge on any atom is 0.269 e. The number of nitrogens with zero attached hydrogens (tertiary/aromatic N) is 1. The van der Waals surface area contributed by atoms with Crippen LogP contribution in [0.25, 0.3) is 0 Å². The van der Waals surface area contributed by atoms with Crippen molar-refractivity contribution in [2.24, 2.45) is 11.8 Å². The number of nitro groups is 1. The molecule has 3 atom stereocenters. The molecule has 1 heterocycles. The molecule has 19 heavy (non-hydrogen) atoms. The minimum Gasteiger partial charge on any atom is -0.381 e. The summed E-state index contributed by atoms with van der Waals surface area (Å²) in [6.07, 6.45) is 1.73. The molecular formula is C14H18ClNO3. The van der Waals surface area contributed by atoms with Crippen molar-refractivity contribution in [3.05, 3.63) is 39.9 Å². The second-order valence-electron chi connectivity index (χ2n) is 5.15. The third kappa shape index (κ3) is 3.67. The fraction of sp³-hybridized carbons (Fsp3) is 0.571. The Bertz CT molecular complexity index is 435. The summed E-state index contributed by atoms with van der Waals surface area (Å²) in [5.74, 6) is 0.917. The summed E-state index contributed by atoms with van der Waals surface area (Å²) < 4.78 is 5.42. The van der Waals surface area contributed by atoms with E-state index in [4.69, 9.17) is 16.3 Å². The molecule has 0 aromatic heterocycles. The summed E-state index contributed by atoms with van der Waals surface area (Å²) in [4.78, 5) is 10.2. The lowest BCUT2D eigenvalue weighted by atomic mass is 9.84. The predicted octanol–water partition coefficient (Wildman–Crippen LogP) is 3.42. The lowest BCUT2D eigenvalue weighted by Gasteiger charge is -2.32. The van der Waals surface area contributed by atoms with Gasteiger partial charge in [-0.3, -0.25) is 10.1 Å². The Morgan fingerprint density at radius 1 is 1.47 bits per heavy atom. The van der Waals surface area contributed by atoms with E-state index >= 15 is 0 Å². The van der Waals surface area contributed by atoms with E-state index in [1.807, 2.05) is 0 Å². The molecule has 0 spiro atoms. The Kier molecular flexibility index (Phi) is 4.77. The highest BCUT2D eigenvalue weighted by Gasteiger charge is 2.28. The fourth-order valence-corrected chi connectivity index (χ4v) is 3.12. The van der Waals surface area contributed by atoms with E-state index in [1.165, 1.54) is 12.1 Å². The number of non-ortho nitro benzene ring substituents is 1. The molecule has 5 heteroatoms. The topological polar surface area (TPSA) is 52.4 Å². The van der Waals surface area contributed by atoms with Crippen LogP contribution < -0.4 is 0 Å². The second kappa shape index (κ2) is 6.35. The van der Waals surface area contributed by atoms with Crippen molar-refractivity contribution in [1.29, 1.82) is 0 Å².